The second-order valence-electron chi connectivity index (χ2n) is 5.88. The van der Waals surface area contributed by atoms with Crippen molar-refractivity contribution < 1.29 is 0 Å². The Morgan fingerprint density at radius 1 is 1.00 bits per heavy atom. The van der Waals surface area contributed by atoms with Crippen molar-refractivity contribution in [3.63, 3.8) is 0 Å². The van der Waals surface area contributed by atoms with Gasteiger partial charge in [0, 0.05) is 24.6 Å². The highest BCUT2D eigenvalue weighted by molar-refractivity contribution is 5.84. The van der Waals surface area contributed by atoms with Gasteiger partial charge in [0.1, 0.15) is 11.3 Å². The number of anilines is 1. The molecule has 0 atom stereocenters. The van der Waals surface area contributed by atoms with Crippen LogP contribution in [0.4, 0.5) is 5.82 Å². The van der Waals surface area contributed by atoms with Gasteiger partial charge in [-0.1, -0.05) is 12.1 Å². The lowest BCUT2D eigenvalue weighted by Crippen LogP contribution is -2.02. The molecule has 0 amide bonds. The maximum absolute atomic E-state index is 6.10. The number of nitrogens with zero attached hydrogens (tertiary/aromatic N) is 4. The molecule has 3 heterocycles. The first-order chi connectivity index (χ1) is 12.2. The molecule has 124 valence electrons. The molecule has 3 aromatic heterocycles. The van der Waals surface area contributed by atoms with Crippen LogP contribution in [0.15, 0.2) is 54.9 Å². The van der Waals surface area contributed by atoms with Gasteiger partial charge in [0.25, 0.3) is 0 Å². The highest BCUT2D eigenvalue weighted by Crippen LogP contribution is 2.31. The van der Waals surface area contributed by atoms with Gasteiger partial charge in [0.2, 0.25) is 0 Å². The molecule has 0 saturated heterocycles. The lowest BCUT2D eigenvalue weighted by atomic mass is 10.2. The molecule has 0 aliphatic carbocycles. The molecule has 4 aromatic rings. The van der Waals surface area contributed by atoms with Gasteiger partial charge in [-0.3, -0.25) is 4.57 Å². The number of hydrogen-bond donors (Lipinski definition) is 2. The maximum atomic E-state index is 6.10. The Morgan fingerprint density at radius 2 is 1.80 bits per heavy atom. The molecule has 0 aliphatic heterocycles. The van der Waals surface area contributed by atoms with Crippen LogP contribution in [-0.2, 0) is 6.54 Å². The molecule has 0 spiro atoms. The number of rotatable bonds is 3. The third kappa shape index (κ3) is 2.53. The van der Waals surface area contributed by atoms with E-state index in [0.29, 0.717) is 12.4 Å². The summed E-state index contributed by atoms with van der Waals surface area (Å²) in [6.07, 6.45) is 3.46. The van der Waals surface area contributed by atoms with E-state index in [1.165, 1.54) is 0 Å². The number of hydrogen-bond acceptors (Lipinski definition) is 5. The molecule has 0 saturated carbocycles. The normalized spacial score (nSPS) is 11.1. The lowest BCUT2D eigenvalue weighted by molar-refractivity contribution is 1.04. The molecule has 0 fully saturated rings. The second kappa shape index (κ2) is 5.99. The molecule has 25 heavy (non-hydrogen) atoms. The first-order valence-corrected chi connectivity index (χ1v) is 8.03. The van der Waals surface area contributed by atoms with Crippen molar-refractivity contribution in [2.24, 2.45) is 5.73 Å². The van der Waals surface area contributed by atoms with Crippen molar-refractivity contribution in [1.82, 2.24) is 19.5 Å². The minimum absolute atomic E-state index is 0.440. The number of nitrogen functional groups attached to an aromatic ring is 1. The average Bonchev–Trinajstić information content (AvgIpc) is 3.03. The smallest absolute Gasteiger partial charge is 0.165 e. The van der Waals surface area contributed by atoms with Crippen LogP contribution in [0.3, 0.4) is 0 Å². The summed E-state index contributed by atoms with van der Waals surface area (Å²) in [6, 6.07) is 13.8. The summed E-state index contributed by atoms with van der Waals surface area (Å²) in [5.74, 6) is 1.16. The monoisotopic (exact) mass is 330 g/mol. The molecular weight excluding hydrogens is 312 g/mol. The summed E-state index contributed by atoms with van der Waals surface area (Å²) >= 11 is 0. The average molecular weight is 330 g/mol. The Labute approximate surface area is 145 Å². The topological polar surface area (TPSA) is 95.6 Å². The minimum Gasteiger partial charge on any atom is -0.383 e. The SMILES string of the molecule is Cc1ccnc2c1nc(-c1cccnc1N)n2-c1ccc(CN)cc1. The Bertz CT molecular complexity index is 1050. The quantitative estimate of drug-likeness (QED) is 0.602. The standard InChI is InChI=1S/C19H18N6/c1-12-8-10-23-19-16(12)24-18(15-3-2-9-22-17(15)21)25(19)14-6-4-13(11-20)5-7-14/h2-10H,11,20H2,1H3,(H2,21,22). The fourth-order valence-electron chi connectivity index (χ4n) is 2.91. The summed E-state index contributed by atoms with van der Waals surface area (Å²) in [5, 5.41) is 0. The van der Waals surface area contributed by atoms with Gasteiger partial charge >= 0.3 is 0 Å². The number of aryl methyl sites for hydroxylation is 1. The Balaban J connectivity index is 2.05. The first kappa shape index (κ1) is 15.3. The van der Waals surface area contributed by atoms with Crippen LogP contribution in [0.5, 0.6) is 0 Å². The number of imidazole rings is 1. The van der Waals surface area contributed by atoms with Gasteiger partial charge < -0.3 is 11.5 Å². The van der Waals surface area contributed by atoms with E-state index in [1.807, 2.05) is 54.0 Å². The Morgan fingerprint density at radius 3 is 2.52 bits per heavy atom. The largest absolute Gasteiger partial charge is 0.383 e. The summed E-state index contributed by atoms with van der Waals surface area (Å²) < 4.78 is 2.01. The molecule has 4 N–H and O–H groups in total. The Hall–Kier alpha value is -3.25. The van der Waals surface area contributed by atoms with Crippen molar-refractivity contribution in [2.45, 2.75) is 13.5 Å². The third-order valence-corrected chi connectivity index (χ3v) is 4.26. The van der Waals surface area contributed by atoms with Gasteiger partial charge in [0.05, 0.1) is 5.56 Å². The number of fused-ring (bicyclic) bond motifs is 1. The van der Waals surface area contributed by atoms with E-state index in [1.54, 1.807) is 12.4 Å². The van der Waals surface area contributed by atoms with Crippen molar-refractivity contribution in [3.8, 4) is 17.1 Å². The van der Waals surface area contributed by atoms with Crippen LogP contribution in [-0.4, -0.2) is 19.5 Å². The van der Waals surface area contributed by atoms with E-state index in [4.69, 9.17) is 16.5 Å². The fourth-order valence-corrected chi connectivity index (χ4v) is 2.91. The Kier molecular flexibility index (Phi) is 3.66. The summed E-state index contributed by atoms with van der Waals surface area (Å²) in [5.41, 5.74) is 17.3. The van der Waals surface area contributed by atoms with Crippen molar-refractivity contribution in [1.29, 1.82) is 0 Å². The van der Waals surface area contributed by atoms with Gasteiger partial charge in [0.15, 0.2) is 11.5 Å². The third-order valence-electron chi connectivity index (χ3n) is 4.26. The predicted octanol–water partition coefficient (Wildman–Crippen LogP) is 2.83. The van der Waals surface area contributed by atoms with Crippen molar-refractivity contribution in [3.05, 3.63) is 66.0 Å². The molecule has 0 radical (unpaired) electrons. The molecule has 1 aromatic carbocycles. The van der Waals surface area contributed by atoms with E-state index in [9.17, 15) is 0 Å². The van der Waals surface area contributed by atoms with Gasteiger partial charge in [-0.25, -0.2) is 15.0 Å². The zero-order valence-electron chi connectivity index (χ0n) is 13.8. The zero-order chi connectivity index (χ0) is 17.4. The summed E-state index contributed by atoms with van der Waals surface area (Å²) in [7, 11) is 0. The van der Waals surface area contributed by atoms with E-state index in [-0.39, 0.29) is 0 Å². The van der Waals surface area contributed by atoms with Gasteiger partial charge in [-0.2, -0.15) is 0 Å². The van der Waals surface area contributed by atoms with Crippen LogP contribution < -0.4 is 11.5 Å². The lowest BCUT2D eigenvalue weighted by Gasteiger charge is -2.10. The van der Waals surface area contributed by atoms with Crippen molar-refractivity contribution >= 4 is 17.0 Å². The predicted molar refractivity (Wildman–Crippen MR) is 99.1 cm³/mol. The number of aromatic nitrogens is 4. The van der Waals surface area contributed by atoms with Crippen LogP contribution >= 0.6 is 0 Å². The zero-order valence-corrected chi connectivity index (χ0v) is 13.8. The number of pyridine rings is 2. The molecule has 6 heteroatoms. The van der Waals surface area contributed by atoms with Crippen LogP contribution in [0.25, 0.3) is 28.2 Å². The fraction of sp³-hybridized carbons (Fsp3) is 0.105. The van der Waals surface area contributed by atoms with Crippen LogP contribution in [0.2, 0.25) is 0 Å². The summed E-state index contributed by atoms with van der Waals surface area (Å²) in [4.78, 5) is 13.6. The van der Waals surface area contributed by atoms with Gasteiger partial charge in [-0.05, 0) is 48.4 Å². The van der Waals surface area contributed by atoms with Gasteiger partial charge in [-0.15, -0.1) is 0 Å². The van der Waals surface area contributed by atoms with Crippen LogP contribution in [0, 0.1) is 6.92 Å². The highest BCUT2D eigenvalue weighted by Gasteiger charge is 2.18. The number of nitrogens with two attached hydrogens (primary N) is 2. The first-order valence-electron chi connectivity index (χ1n) is 8.03. The molecule has 6 nitrogen and oxygen atoms in total. The minimum atomic E-state index is 0.440. The molecule has 4 rings (SSSR count). The van der Waals surface area contributed by atoms with E-state index in [0.717, 1.165) is 39.4 Å². The van der Waals surface area contributed by atoms with E-state index >= 15 is 0 Å². The van der Waals surface area contributed by atoms with E-state index in [2.05, 4.69) is 9.97 Å². The van der Waals surface area contributed by atoms with Crippen molar-refractivity contribution in [2.75, 3.05) is 5.73 Å². The molecule has 0 unspecified atom stereocenters. The number of benzene rings is 1. The van der Waals surface area contributed by atoms with E-state index < -0.39 is 0 Å². The summed E-state index contributed by atoms with van der Waals surface area (Å²) in [6.45, 7) is 2.53. The maximum Gasteiger partial charge on any atom is 0.165 e. The molecule has 0 aliphatic rings. The van der Waals surface area contributed by atoms with Crippen LogP contribution in [0.1, 0.15) is 11.1 Å². The highest BCUT2D eigenvalue weighted by atomic mass is 15.1. The molecular formula is C19H18N6. The second-order valence-corrected chi connectivity index (χ2v) is 5.88. The molecule has 0 bridgehead atoms.